The van der Waals surface area contributed by atoms with Crippen molar-refractivity contribution >= 4 is 17.6 Å². The van der Waals surface area contributed by atoms with E-state index in [1.165, 1.54) is 18.2 Å². The Kier molecular flexibility index (Phi) is 6.94. The summed E-state index contributed by atoms with van der Waals surface area (Å²) < 4.78 is 14.4. The first kappa shape index (κ1) is 20.8. The van der Waals surface area contributed by atoms with Gasteiger partial charge < -0.3 is 20.5 Å². The molecule has 0 saturated heterocycles. The second kappa shape index (κ2) is 10.0. The number of amides is 3. The third-order valence-corrected chi connectivity index (χ3v) is 4.27. The second-order valence-electron chi connectivity index (χ2n) is 6.57. The van der Waals surface area contributed by atoms with Crippen molar-refractivity contribution in [3.05, 3.63) is 100 Å². The van der Waals surface area contributed by atoms with E-state index >= 15 is 0 Å². The Morgan fingerprint density at radius 3 is 2.27 bits per heavy atom. The lowest BCUT2D eigenvalue weighted by atomic mass is 10.2. The Balaban J connectivity index is 1.42. The number of halogens is 1. The number of carbonyl (C=O) groups excluding carboxylic acids is 2. The van der Waals surface area contributed by atoms with Gasteiger partial charge in [0.2, 0.25) is 5.91 Å². The summed E-state index contributed by atoms with van der Waals surface area (Å²) in [4.78, 5) is 35.5. The first-order chi connectivity index (χ1) is 14.5. The standard InChI is InChI=1S/C22H21FN4O3/c23-18-8-4-16(5-9-18)13-24-22(30)25-14-20(28)26-19-10-6-17(7-11-19)15-27-12-2-1-3-21(27)29/h1-12H,13-15H2,(H,26,28)(H2,24,25,30). The molecule has 0 bridgehead atoms. The van der Waals surface area contributed by atoms with Crippen LogP contribution < -0.4 is 21.5 Å². The second-order valence-corrected chi connectivity index (χ2v) is 6.57. The van der Waals surface area contributed by atoms with Crippen LogP contribution in [0.3, 0.4) is 0 Å². The zero-order chi connectivity index (χ0) is 21.3. The highest BCUT2D eigenvalue weighted by atomic mass is 19.1. The molecule has 3 amide bonds. The van der Waals surface area contributed by atoms with E-state index in [-0.39, 0.29) is 30.4 Å². The molecule has 0 atom stereocenters. The zero-order valence-corrected chi connectivity index (χ0v) is 16.1. The molecule has 2 aromatic carbocycles. The number of pyridine rings is 1. The molecule has 154 valence electrons. The number of aromatic nitrogens is 1. The zero-order valence-electron chi connectivity index (χ0n) is 16.1. The molecule has 3 rings (SSSR count). The summed E-state index contributed by atoms with van der Waals surface area (Å²) in [6.45, 7) is 0.458. The summed E-state index contributed by atoms with van der Waals surface area (Å²) in [6, 6.07) is 17.3. The number of nitrogens with zero attached hydrogens (tertiary/aromatic N) is 1. The largest absolute Gasteiger partial charge is 0.334 e. The maximum absolute atomic E-state index is 12.9. The summed E-state index contributed by atoms with van der Waals surface area (Å²) in [5.41, 5.74) is 2.16. The molecule has 0 aliphatic rings. The molecule has 8 heteroatoms. The van der Waals surface area contributed by atoms with Crippen molar-refractivity contribution in [3.63, 3.8) is 0 Å². The monoisotopic (exact) mass is 408 g/mol. The van der Waals surface area contributed by atoms with Gasteiger partial charge in [-0.15, -0.1) is 0 Å². The van der Waals surface area contributed by atoms with Crippen LogP contribution in [-0.2, 0) is 17.9 Å². The normalized spacial score (nSPS) is 10.3. The topological polar surface area (TPSA) is 92.2 Å². The van der Waals surface area contributed by atoms with Crippen LogP contribution in [-0.4, -0.2) is 23.1 Å². The van der Waals surface area contributed by atoms with Crippen LogP contribution in [0, 0.1) is 5.82 Å². The molecule has 0 aliphatic heterocycles. The van der Waals surface area contributed by atoms with E-state index in [1.54, 1.807) is 47.2 Å². The molecule has 1 aromatic heterocycles. The minimum absolute atomic E-state index is 0.0846. The van der Waals surface area contributed by atoms with Gasteiger partial charge in [-0.3, -0.25) is 9.59 Å². The van der Waals surface area contributed by atoms with Crippen LogP contribution in [0.4, 0.5) is 14.9 Å². The van der Waals surface area contributed by atoms with Crippen LogP contribution >= 0.6 is 0 Å². The van der Waals surface area contributed by atoms with Gasteiger partial charge in [-0.1, -0.05) is 30.3 Å². The van der Waals surface area contributed by atoms with Crippen molar-refractivity contribution in [2.75, 3.05) is 11.9 Å². The van der Waals surface area contributed by atoms with Crippen molar-refractivity contribution in [2.45, 2.75) is 13.1 Å². The van der Waals surface area contributed by atoms with Crippen LogP contribution in [0.25, 0.3) is 0 Å². The molecule has 0 unspecified atom stereocenters. The Hall–Kier alpha value is -3.94. The van der Waals surface area contributed by atoms with Gasteiger partial charge in [0.15, 0.2) is 0 Å². The number of benzene rings is 2. The highest BCUT2D eigenvalue weighted by Gasteiger charge is 2.06. The first-order valence-corrected chi connectivity index (χ1v) is 9.30. The van der Waals surface area contributed by atoms with E-state index in [0.717, 1.165) is 11.1 Å². The molecule has 30 heavy (non-hydrogen) atoms. The number of nitrogens with one attached hydrogen (secondary N) is 3. The summed E-state index contributed by atoms with van der Waals surface area (Å²) in [5.74, 6) is -0.721. The molecule has 0 saturated carbocycles. The van der Waals surface area contributed by atoms with Crippen molar-refractivity contribution in [2.24, 2.45) is 0 Å². The van der Waals surface area contributed by atoms with Gasteiger partial charge in [0.1, 0.15) is 5.82 Å². The number of hydrogen-bond donors (Lipinski definition) is 3. The number of carbonyl (C=O) groups is 2. The van der Waals surface area contributed by atoms with E-state index in [4.69, 9.17) is 0 Å². The maximum Gasteiger partial charge on any atom is 0.315 e. The van der Waals surface area contributed by atoms with Crippen LogP contribution in [0.15, 0.2) is 77.7 Å². The van der Waals surface area contributed by atoms with Gasteiger partial charge in [-0.2, -0.15) is 0 Å². The van der Waals surface area contributed by atoms with Gasteiger partial charge in [-0.25, -0.2) is 9.18 Å². The molecule has 7 nitrogen and oxygen atoms in total. The predicted octanol–water partition coefficient (Wildman–Crippen LogP) is 2.47. The molecular weight excluding hydrogens is 387 g/mol. The Bertz CT molecular complexity index is 1060. The van der Waals surface area contributed by atoms with Crippen molar-refractivity contribution < 1.29 is 14.0 Å². The lowest BCUT2D eigenvalue weighted by Crippen LogP contribution is -2.39. The molecule has 3 aromatic rings. The van der Waals surface area contributed by atoms with Crippen LogP contribution in [0.2, 0.25) is 0 Å². The molecule has 0 fully saturated rings. The summed E-state index contributed by atoms with van der Waals surface area (Å²) >= 11 is 0. The van der Waals surface area contributed by atoms with E-state index in [0.29, 0.717) is 12.2 Å². The fourth-order valence-corrected chi connectivity index (χ4v) is 2.69. The fraction of sp³-hybridized carbons (Fsp3) is 0.136. The third kappa shape index (κ3) is 6.30. The van der Waals surface area contributed by atoms with Crippen molar-refractivity contribution in [3.8, 4) is 0 Å². The summed E-state index contributed by atoms with van der Waals surface area (Å²) in [5, 5.41) is 7.74. The number of rotatable bonds is 7. The predicted molar refractivity (Wildman–Crippen MR) is 112 cm³/mol. The fourth-order valence-electron chi connectivity index (χ4n) is 2.69. The van der Waals surface area contributed by atoms with Gasteiger partial charge in [-0.05, 0) is 41.5 Å². The van der Waals surface area contributed by atoms with Crippen molar-refractivity contribution in [1.82, 2.24) is 15.2 Å². The average molecular weight is 408 g/mol. The van der Waals surface area contributed by atoms with Gasteiger partial charge in [0, 0.05) is 24.5 Å². The molecular formula is C22H21FN4O3. The highest BCUT2D eigenvalue weighted by molar-refractivity contribution is 5.94. The van der Waals surface area contributed by atoms with E-state index in [9.17, 15) is 18.8 Å². The lowest BCUT2D eigenvalue weighted by Gasteiger charge is -2.10. The number of urea groups is 1. The quantitative estimate of drug-likeness (QED) is 0.561. The molecule has 3 N–H and O–H groups in total. The summed E-state index contributed by atoms with van der Waals surface area (Å²) in [7, 11) is 0. The van der Waals surface area contributed by atoms with Crippen LogP contribution in [0.1, 0.15) is 11.1 Å². The SMILES string of the molecule is O=C(CNC(=O)NCc1ccc(F)cc1)Nc1ccc(Cn2ccccc2=O)cc1. The lowest BCUT2D eigenvalue weighted by molar-refractivity contribution is -0.115. The van der Waals surface area contributed by atoms with Gasteiger partial charge in [0.25, 0.3) is 5.56 Å². The number of anilines is 1. The highest BCUT2D eigenvalue weighted by Crippen LogP contribution is 2.10. The first-order valence-electron chi connectivity index (χ1n) is 9.30. The minimum Gasteiger partial charge on any atom is -0.334 e. The van der Waals surface area contributed by atoms with Gasteiger partial charge in [0.05, 0.1) is 13.1 Å². The van der Waals surface area contributed by atoms with E-state index in [1.807, 2.05) is 12.1 Å². The maximum atomic E-state index is 12.9. The summed E-state index contributed by atoms with van der Waals surface area (Å²) in [6.07, 6.45) is 1.71. The van der Waals surface area contributed by atoms with Crippen molar-refractivity contribution in [1.29, 1.82) is 0 Å². The molecule has 1 heterocycles. The Morgan fingerprint density at radius 1 is 0.867 bits per heavy atom. The van der Waals surface area contributed by atoms with E-state index in [2.05, 4.69) is 16.0 Å². The Labute approximate surface area is 172 Å². The molecule has 0 radical (unpaired) electrons. The minimum atomic E-state index is -0.502. The third-order valence-electron chi connectivity index (χ3n) is 4.27. The average Bonchev–Trinajstić information content (AvgIpc) is 2.75. The van der Waals surface area contributed by atoms with Crippen LogP contribution in [0.5, 0.6) is 0 Å². The Morgan fingerprint density at radius 2 is 1.57 bits per heavy atom. The van der Waals surface area contributed by atoms with E-state index < -0.39 is 6.03 Å². The molecule has 0 aliphatic carbocycles. The van der Waals surface area contributed by atoms with Gasteiger partial charge >= 0.3 is 6.03 Å². The number of hydrogen-bond acceptors (Lipinski definition) is 3. The smallest absolute Gasteiger partial charge is 0.315 e. The molecule has 0 spiro atoms.